The van der Waals surface area contributed by atoms with Gasteiger partial charge >= 0.3 is 0 Å². The number of hydrogen-bond donors (Lipinski definition) is 2. The molecule has 1 aliphatic carbocycles. The molecular weight excluding hydrogens is 410 g/mol. The van der Waals surface area contributed by atoms with Gasteiger partial charge in [0.15, 0.2) is 5.82 Å². The van der Waals surface area contributed by atoms with Crippen LogP contribution >= 0.6 is 11.8 Å². The fraction of sp³-hybridized carbons (Fsp3) is 0.478. The topological polar surface area (TPSA) is 87.2 Å². The van der Waals surface area contributed by atoms with Crippen molar-refractivity contribution in [3.63, 3.8) is 0 Å². The summed E-state index contributed by atoms with van der Waals surface area (Å²) in [6.45, 7) is 5.54. The summed E-state index contributed by atoms with van der Waals surface area (Å²) < 4.78 is 0. The van der Waals surface area contributed by atoms with Gasteiger partial charge in [-0.2, -0.15) is 0 Å². The maximum Gasteiger partial charge on any atom is 0.234 e. The fourth-order valence-corrected chi connectivity index (χ4v) is 4.31. The van der Waals surface area contributed by atoms with Crippen molar-refractivity contribution in [1.29, 1.82) is 0 Å². The van der Waals surface area contributed by atoms with Gasteiger partial charge in [0, 0.05) is 24.8 Å². The van der Waals surface area contributed by atoms with Gasteiger partial charge in [0.1, 0.15) is 5.03 Å². The molecule has 1 atom stereocenters. The number of nitrogens with zero attached hydrogens (tertiary/aromatic N) is 3. The maximum atomic E-state index is 12.4. The second-order valence-electron chi connectivity index (χ2n) is 8.45. The maximum absolute atomic E-state index is 12.4. The van der Waals surface area contributed by atoms with E-state index in [0.29, 0.717) is 17.6 Å². The van der Waals surface area contributed by atoms with Crippen molar-refractivity contribution in [3.05, 3.63) is 41.5 Å². The fourth-order valence-electron chi connectivity index (χ4n) is 3.70. The summed E-state index contributed by atoms with van der Waals surface area (Å²) in [5, 5.41) is 15.4. The van der Waals surface area contributed by atoms with Crippen LogP contribution in [0, 0.1) is 19.8 Å². The number of nitrogens with one attached hydrogen (secondary N) is 2. The molecule has 0 radical (unpaired) electrons. The minimum atomic E-state index is -0.0647. The van der Waals surface area contributed by atoms with Crippen LogP contribution in [0.25, 0.3) is 0 Å². The predicted octanol–water partition coefficient (Wildman–Crippen LogP) is 3.32. The number of amides is 2. The Kier molecular flexibility index (Phi) is 6.75. The van der Waals surface area contributed by atoms with E-state index in [1.165, 1.54) is 11.8 Å². The zero-order valence-electron chi connectivity index (χ0n) is 18.1. The van der Waals surface area contributed by atoms with Crippen molar-refractivity contribution in [2.45, 2.75) is 50.6 Å². The predicted molar refractivity (Wildman–Crippen MR) is 123 cm³/mol. The molecule has 164 valence electrons. The SMILES string of the molecule is Cc1ccc(C)c(NC(=O)CSc2ccc(N3CCC[C@H](C(=O)NC4CC4)C3)nn2)c1. The minimum absolute atomic E-state index is 0.0129. The highest BCUT2D eigenvalue weighted by atomic mass is 32.2. The highest BCUT2D eigenvalue weighted by Crippen LogP contribution is 2.25. The average Bonchev–Trinajstić information content (AvgIpc) is 3.59. The van der Waals surface area contributed by atoms with Crippen LogP contribution in [0.3, 0.4) is 0 Å². The summed E-state index contributed by atoms with van der Waals surface area (Å²) in [6.07, 6.45) is 4.11. The summed E-state index contributed by atoms with van der Waals surface area (Å²) in [5.74, 6) is 1.17. The molecule has 1 aliphatic heterocycles. The van der Waals surface area contributed by atoms with E-state index in [2.05, 4.69) is 25.7 Å². The molecule has 1 aromatic heterocycles. The smallest absolute Gasteiger partial charge is 0.234 e. The van der Waals surface area contributed by atoms with Gasteiger partial charge in [0.25, 0.3) is 0 Å². The quantitative estimate of drug-likeness (QED) is 0.644. The van der Waals surface area contributed by atoms with Crippen molar-refractivity contribution in [3.8, 4) is 0 Å². The Bertz CT molecular complexity index is 945. The highest BCUT2D eigenvalue weighted by molar-refractivity contribution is 7.99. The van der Waals surface area contributed by atoms with Crippen LogP contribution in [0.15, 0.2) is 35.4 Å². The molecule has 31 heavy (non-hydrogen) atoms. The van der Waals surface area contributed by atoms with Crippen LogP contribution in [0.1, 0.15) is 36.8 Å². The summed E-state index contributed by atoms with van der Waals surface area (Å²) in [6, 6.07) is 10.2. The lowest BCUT2D eigenvalue weighted by Gasteiger charge is -2.32. The number of carbonyl (C=O) groups is 2. The van der Waals surface area contributed by atoms with E-state index < -0.39 is 0 Å². The number of aryl methyl sites for hydroxylation is 2. The van der Waals surface area contributed by atoms with Crippen molar-refractivity contribution >= 4 is 35.1 Å². The summed E-state index contributed by atoms with van der Waals surface area (Å²) in [5.41, 5.74) is 3.00. The Hall–Kier alpha value is -2.61. The van der Waals surface area contributed by atoms with Gasteiger partial charge < -0.3 is 15.5 Å². The second-order valence-corrected chi connectivity index (χ2v) is 9.45. The Morgan fingerprint density at radius 3 is 2.71 bits per heavy atom. The molecule has 2 amide bonds. The molecule has 0 bridgehead atoms. The van der Waals surface area contributed by atoms with Crippen LogP contribution in [0.4, 0.5) is 11.5 Å². The standard InChI is InChI=1S/C23H29N5O2S/c1-15-5-6-16(2)19(12-15)25-21(29)14-31-22-10-9-20(26-27-22)28-11-3-4-17(13-28)23(30)24-18-7-8-18/h5-6,9-10,12,17-18H,3-4,7-8,11,13-14H2,1-2H3,(H,24,30)(H,25,29)/t17-/m0/s1. The Labute approximate surface area is 187 Å². The molecule has 2 aliphatic rings. The van der Waals surface area contributed by atoms with Gasteiger partial charge in [-0.15, -0.1) is 10.2 Å². The molecule has 7 nitrogen and oxygen atoms in total. The van der Waals surface area contributed by atoms with Gasteiger partial charge in [0.05, 0.1) is 11.7 Å². The zero-order chi connectivity index (χ0) is 21.8. The molecule has 2 aromatic rings. The van der Waals surface area contributed by atoms with Crippen LogP contribution < -0.4 is 15.5 Å². The summed E-state index contributed by atoms with van der Waals surface area (Å²) in [7, 11) is 0. The molecule has 1 saturated heterocycles. The van der Waals surface area contributed by atoms with E-state index in [1.807, 2.05) is 44.2 Å². The van der Waals surface area contributed by atoms with Crippen molar-refractivity contribution in [2.24, 2.45) is 5.92 Å². The third-order valence-corrected chi connectivity index (χ3v) is 6.60. The molecule has 4 rings (SSSR count). The van der Waals surface area contributed by atoms with E-state index >= 15 is 0 Å². The lowest BCUT2D eigenvalue weighted by molar-refractivity contribution is -0.125. The number of piperidine rings is 1. The molecule has 1 saturated carbocycles. The number of aromatic nitrogens is 2. The van der Waals surface area contributed by atoms with Crippen molar-refractivity contribution < 1.29 is 9.59 Å². The number of hydrogen-bond acceptors (Lipinski definition) is 6. The number of rotatable bonds is 7. The molecule has 0 spiro atoms. The highest BCUT2D eigenvalue weighted by Gasteiger charge is 2.30. The molecule has 1 aromatic carbocycles. The van der Waals surface area contributed by atoms with E-state index in [0.717, 1.165) is 54.9 Å². The largest absolute Gasteiger partial charge is 0.354 e. The van der Waals surface area contributed by atoms with E-state index in [1.54, 1.807) is 0 Å². The third-order valence-electron chi connectivity index (χ3n) is 5.68. The van der Waals surface area contributed by atoms with Crippen LogP contribution in [0.2, 0.25) is 0 Å². The number of carbonyl (C=O) groups excluding carboxylic acids is 2. The van der Waals surface area contributed by atoms with E-state index in [9.17, 15) is 9.59 Å². The Morgan fingerprint density at radius 2 is 1.97 bits per heavy atom. The van der Waals surface area contributed by atoms with E-state index in [4.69, 9.17) is 0 Å². The van der Waals surface area contributed by atoms with E-state index in [-0.39, 0.29) is 23.5 Å². The summed E-state index contributed by atoms with van der Waals surface area (Å²) in [4.78, 5) is 26.8. The molecule has 2 heterocycles. The zero-order valence-corrected chi connectivity index (χ0v) is 18.9. The van der Waals surface area contributed by atoms with Crippen molar-refractivity contribution in [2.75, 3.05) is 29.1 Å². The van der Waals surface area contributed by atoms with Gasteiger partial charge in [-0.05, 0) is 68.9 Å². The second kappa shape index (κ2) is 9.68. The lowest BCUT2D eigenvalue weighted by atomic mass is 9.97. The first-order valence-corrected chi connectivity index (χ1v) is 11.9. The Morgan fingerprint density at radius 1 is 1.13 bits per heavy atom. The van der Waals surface area contributed by atoms with Crippen LogP contribution in [-0.2, 0) is 9.59 Å². The van der Waals surface area contributed by atoms with Gasteiger partial charge in [-0.3, -0.25) is 9.59 Å². The lowest BCUT2D eigenvalue weighted by Crippen LogP contribution is -2.44. The monoisotopic (exact) mass is 439 g/mol. The average molecular weight is 440 g/mol. The molecule has 0 unspecified atom stereocenters. The van der Waals surface area contributed by atoms with Crippen molar-refractivity contribution in [1.82, 2.24) is 15.5 Å². The summed E-state index contributed by atoms with van der Waals surface area (Å²) >= 11 is 1.36. The third kappa shape index (κ3) is 5.97. The first kappa shape index (κ1) is 21.6. The minimum Gasteiger partial charge on any atom is -0.354 e. The first-order chi connectivity index (χ1) is 15.0. The molecule has 2 fully saturated rings. The first-order valence-electron chi connectivity index (χ1n) is 10.9. The molecule has 8 heteroatoms. The molecular formula is C23H29N5O2S. The van der Waals surface area contributed by atoms with Gasteiger partial charge in [-0.1, -0.05) is 23.9 Å². The molecule has 2 N–H and O–H groups in total. The normalized spacial score (nSPS) is 18.5. The number of benzene rings is 1. The van der Waals surface area contributed by atoms with Crippen LogP contribution in [-0.4, -0.2) is 46.9 Å². The van der Waals surface area contributed by atoms with Gasteiger partial charge in [0.2, 0.25) is 11.8 Å². The van der Waals surface area contributed by atoms with Crippen LogP contribution in [0.5, 0.6) is 0 Å². The van der Waals surface area contributed by atoms with Gasteiger partial charge in [-0.25, -0.2) is 0 Å². The number of anilines is 2. The Balaban J connectivity index is 1.28. The number of thioether (sulfide) groups is 1.